The summed E-state index contributed by atoms with van der Waals surface area (Å²) in [7, 11) is 1.89. The standard InChI is InChI=1S/C18H24N6O/c1-22-12-15(11-20-22)14-5-6-19-17(10-14)21-18(25)24-9-3-8-23-7-2-4-16(23)13-24/h5-6,10-12,16H,2-4,7-9,13H2,1H3,(H,19,21,25). The smallest absolute Gasteiger partial charge is 0.323 e. The average molecular weight is 340 g/mol. The Labute approximate surface area is 147 Å². The Morgan fingerprint density at radius 2 is 2.12 bits per heavy atom. The van der Waals surface area contributed by atoms with Crippen molar-refractivity contribution in [2.24, 2.45) is 7.05 Å². The first kappa shape index (κ1) is 16.1. The van der Waals surface area contributed by atoms with E-state index in [0.717, 1.165) is 37.2 Å². The number of carbonyl (C=O) groups is 1. The van der Waals surface area contributed by atoms with Gasteiger partial charge in [0.25, 0.3) is 0 Å². The van der Waals surface area contributed by atoms with E-state index in [1.807, 2.05) is 36.5 Å². The molecule has 7 nitrogen and oxygen atoms in total. The fourth-order valence-corrected chi connectivity index (χ4v) is 3.83. The normalized spacial score (nSPS) is 21.0. The first-order valence-electron chi connectivity index (χ1n) is 8.94. The molecule has 4 rings (SSSR count). The van der Waals surface area contributed by atoms with Crippen LogP contribution in [-0.4, -0.2) is 62.8 Å². The monoisotopic (exact) mass is 340 g/mol. The van der Waals surface area contributed by atoms with Gasteiger partial charge in [-0.25, -0.2) is 9.78 Å². The molecule has 1 N–H and O–H groups in total. The highest BCUT2D eigenvalue weighted by Crippen LogP contribution is 2.23. The van der Waals surface area contributed by atoms with Crippen LogP contribution in [0, 0.1) is 0 Å². The van der Waals surface area contributed by atoms with Crippen molar-refractivity contribution in [1.29, 1.82) is 0 Å². The Balaban J connectivity index is 1.45. The van der Waals surface area contributed by atoms with E-state index in [0.29, 0.717) is 11.9 Å². The molecule has 2 amide bonds. The van der Waals surface area contributed by atoms with Crippen LogP contribution in [0.4, 0.5) is 10.6 Å². The van der Waals surface area contributed by atoms with Crippen LogP contribution in [0.2, 0.25) is 0 Å². The first-order valence-corrected chi connectivity index (χ1v) is 8.94. The van der Waals surface area contributed by atoms with Crippen LogP contribution in [0.3, 0.4) is 0 Å². The molecule has 0 spiro atoms. The molecule has 2 aliphatic rings. The molecule has 2 aromatic heterocycles. The Bertz CT molecular complexity index is 758. The molecule has 132 valence electrons. The molecule has 0 aromatic carbocycles. The van der Waals surface area contributed by atoms with Crippen LogP contribution in [-0.2, 0) is 7.05 Å². The molecule has 1 atom stereocenters. The van der Waals surface area contributed by atoms with Crippen molar-refractivity contribution in [2.75, 3.05) is 31.5 Å². The number of rotatable bonds is 2. The zero-order valence-corrected chi connectivity index (χ0v) is 14.6. The molecule has 0 aliphatic carbocycles. The van der Waals surface area contributed by atoms with E-state index >= 15 is 0 Å². The molecule has 2 fully saturated rings. The van der Waals surface area contributed by atoms with Crippen molar-refractivity contribution in [3.8, 4) is 11.1 Å². The average Bonchev–Trinajstić information content (AvgIpc) is 3.19. The van der Waals surface area contributed by atoms with Crippen molar-refractivity contribution in [3.05, 3.63) is 30.7 Å². The molecular weight excluding hydrogens is 316 g/mol. The van der Waals surface area contributed by atoms with Crippen LogP contribution >= 0.6 is 0 Å². The lowest BCUT2D eigenvalue weighted by atomic mass is 10.1. The summed E-state index contributed by atoms with van der Waals surface area (Å²) in [5.41, 5.74) is 2.01. The lowest BCUT2D eigenvalue weighted by Crippen LogP contribution is -2.41. The maximum atomic E-state index is 12.7. The van der Waals surface area contributed by atoms with Gasteiger partial charge in [-0.2, -0.15) is 5.10 Å². The molecule has 4 heterocycles. The number of nitrogens with zero attached hydrogens (tertiary/aromatic N) is 5. The zero-order valence-electron chi connectivity index (χ0n) is 14.6. The van der Waals surface area contributed by atoms with Crippen molar-refractivity contribution in [1.82, 2.24) is 24.6 Å². The summed E-state index contributed by atoms with van der Waals surface area (Å²) >= 11 is 0. The summed E-state index contributed by atoms with van der Waals surface area (Å²) in [6, 6.07) is 4.29. The maximum Gasteiger partial charge on any atom is 0.323 e. The number of fused-ring (bicyclic) bond motifs is 1. The molecular formula is C18H24N6O. The predicted octanol–water partition coefficient (Wildman–Crippen LogP) is 2.18. The summed E-state index contributed by atoms with van der Waals surface area (Å²) in [4.78, 5) is 21.5. The Hall–Kier alpha value is -2.41. The van der Waals surface area contributed by atoms with Gasteiger partial charge in [-0.1, -0.05) is 0 Å². The highest BCUT2D eigenvalue weighted by atomic mass is 16.2. The number of carbonyl (C=O) groups excluding carboxylic acids is 1. The summed E-state index contributed by atoms with van der Waals surface area (Å²) < 4.78 is 1.76. The Morgan fingerprint density at radius 3 is 2.96 bits per heavy atom. The SMILES string of the molecule is Cn1cc(-c2ccnc(NC(=O)N3CCCN4CCCC4C3)c2)cn1. The van der Waals surface area contributed by atoms with E-state index in [4.69, 9.17) is 0 Å². The third-order valence-corrected chi connectivity index (χ3v) is 5.12. The van der Waals surface area contributed by atoms with Gasteiger partial charge in [0.1, 0.15) is 5.82 Å². The van der Waals surface area contributed by atoms with Crippen molar-refractivity contribution >= 4 is 11.8 Å². The topological polar surface area (TPSA) is 66.3 Å². The van der Waals surface area contributed by atoms with Gasteiger partial charge in [-0.3, -0.25) is 14.9 Å². The number of urea groups is 1. The second kappa shape index (κ2) is 6.84. The molecule has 7 heteroatoms. The molecule has 0 radical (unpaired) electrons. The summed E-state index contributed by atoms with van der Waals surface area (Å²) in [5, 5.41) is 7.16. The van der Waals surface area contributed by atoms with Crippen molar-refractivity contribution < 1.29 is 4.79 Å². The number of nitrogens with one attached hydrogen (secondary N) is 1. The van der Waals surface area contributed by atoms with Gasteiger partial charge in [0, 0.05) is 50.7 Å². The quantitative estimate of drug-likeness (QED) is 0.910. The summed E-state index contributed by atoms with van der Waals surface area (Å²) in [5.74, 6) is 0.582. The molecule has 0 bridgehead atoms. The van der Waals surface area contributed by atoms with Gasteiger partial charge in [-0.05, 0) is 43.5 Å². The second-order valence-corrected chi connectivity index (χ2v) is 6.89. The van der Waals surface area contributed by atoms with Crippen LogP contribution in [0.1, 0.15) is 19.3 Å². The molecule has 1 unspecified atom stereocenters. The minimum Gasteiger partial charge on any atom is -0.323 e. The number of hydrogen-bond donors (Lipinski definition) is 1. The van der Waals surface area contributed by atoms with Gasteiger partial charge >= 0.3 is 6.03 Å². The van der Waals surface area contributed by atoms with Crippen LogP contribution < -0.4 is 5.32 Å². The minimum absolute atomic E-state index is 0.0513. The number of hydrogen-bond acceptors (Lipinski definition) is 4. The Morgan fingerprint density at radius 1 is 1.24 bits per heavy atom. The molecule has 2 aliphatic heterocycles. The van der Waals surface area contributed by atoms with E-state index in [1.165, 1.54) is 19.4 Å². The largest absolute Gasteiger partial charge is 0.323 e. The van der Waals surface area contributed by atoms with E-state index in [9.17, 15) is 4.79 Å². The lowest BCUT2D eigenvalue weighted by molar-refractivity contribution is 0.200. The minimum atomic E-state index is -0.0513. The van der Waals surface area contributed by atoms with Crippen LogP contribution in [0.5, 0.6) is 0 Å². The highest BCUT2D eigenvalue weighted by molar-refractivity contribution is 5.89. The van der Waals surface area contributed by atoms with Crippen LogP contribution in [0.25, 0.3) is 11.1 Å². The fraction of sp³-hybridized carbons (Fsp3) is 0.500. The summed E-state index contributed by atoms with van der Waals surface area (Å²) in [6.07, 6.45) is 8.95. The van der Waals surface area contributed by atoms with Gasteiger partial charge in [0.15, 0.2) is 0 Å². The van der Waals surface area contributed by atoms with E-state index in [2.05, 4.69) is 20.3 Å². The van der Waals surface area contributed by atoms with Gasteiger partial charge in [0.2, 0.25) is 0 Å². The summed E-state index contributed by atoms with van der Waals surface area (Å²) in [6.45, 7) is 3.90. The molecule has 0 saturated carbocycles. The lowest BCUT2D eigenvalue weighted by Gasteiger charge is -2.25. The maximum absolute atomic E-state index is 12.7. The number of aromatic nitrogens is 3. The van der Waals surface area contributed by atoms with Gasteiger partial charge < -0.3 is 4.90 Å². The number of aryl methyl sites for hydroxylation is 1. The van der Waals surface area contributed by atoms with Crippen LogP contribution in [0.15, 0.2) is 30.7 Å². The molecule has 2 aromatic rings. The molecule has 2 saturated heterocycles. The highest BCUT2D eigenvalue weighted by Gasteiger charge is 2.30. The number of amides is 2. The van der Waals surface area contributed by atoms with Crippen molar-refractivity contribution in [2.45, 2.75) is 25.3 Å². The first-order chi connectivity index (χ1) is 12.2. The predicted molar refractivity (Wildman–Crippen MR) is 96.2 cm³/mol. The number of anilines is 1. The van der Waals surface area contributed by atoms with Gasteiger partial charge in [0.05, 0.1) is 6.20 Å². The second-order valence-electron chi connectivity index (χ2n) is 6.89. The third kappa shape index (κ3) is 3.51. The van der Waals surface area contributed by atoms with Gasteiger partial charge in [-0.15, -0.1) is 0 Å². The Kier molecular flexibility index (Phi) is 4.40. The van der Waals surface area contributed by atoms with E-state index < -0.39 is 0 Å². The zero-order chi connectivity index (χ0) is 17.2. The fourth-order valence-electron chi connectivity index (χ4n) is 3.83. The van der Waals surface area contributed by atoms with E-state index in [1.54, 1.807) is 10.9 Å². The number of pyridine rings is 1. The third-order valence-electron chi connectivity index (χ3n) is 5.12. The van der Waals surface area contributed by atoms with Crippen molar-refractivity contribution in [3.63, 3.8) is 0 Å². The molecule has 25 heavy (non-hydrogen) atoms. The van der Waals surface area contributed by atoms with E-state index in [-0.39, 0.29) is 6.03 Å².